The number of anilines is 3. The van der Waals surface area contributed by atoms with Gasteiger partial charge in [-0.2, -0.15) is 0 Å². The molecule has 8 aromatic carbocycles. The molecular weight excluding hydrogens is 596 g/mol. The van der Waals surface area contributed by atoms with Crippen LogP contribution < -0.4 is 37.7 Å². The average Bonchev–Trinajstić information content (AvgIpc) is 3.70. The minimum Gasteiger partial charge on any atom is -0.303 e. The second-order valence-electron chi connectivity index (χ2n) is 13.5. The Balaban J connectivity index is 1.34. The van der Waals surface area contributed by atoms with Gasteiger partial charge in [-0.05, 0) is 77.4 Å². The summed E-state index contributed by atoms with van der Waals surface area (Å²) in [6.07, 6.45) is 0. The molecule has 0 saturated carbocycles. The van der Waals surface area contributed by atoms with Crippen molar-refractivity contribution in [2.45, 2.75) is 0 Å². The molecule has 0 bridgehead atoms. The molecule has 0 N–H and O–H groups in total. The molecule has 9 aromatic rings. The molecule has 3 aliphatic rings. The molecule has 0 atom stereocenters. The summed E-state index contributed by atoms with van der Waals surface area (Å²) in [5, 5.41) is 10.7. The minimum atomic E-state index is 0.147. The molecule has 4 heterocycles. The standard InChI is InChI=1S/C44H25B2NS/c1-2-13-26(14-3-1)45-36-22-12-23-37-42(36)47(44-41(45)32-20-9-11-24-38(32)48-44)43-39-31-19-7-6-16-28(31)27-15-4-5-17-29(27)33(39)25-34-30-18-8-10-21-35(30)46(37)40(34)43/h1-25H. The Morgan fingerprint density at radius 3 is 1.83 bits per heavy atom. The van der Waals surface area contributed by atoms with Crippen molar-refractivity contribution < 1.29 is 0 Å². The van der Waals surface area contributed by atoms with Crippen molar-refractivity contribution in [2.24, 2.45) is 0 Å². The van der Waals surface area contributed by atoms with Gasteiger partial charge in [0.15, 0.2) is 0 Å². The second-order valence-corrected chi connectivity index (χ2v) is 14.5. The van der Waals surface area contributed by atoms with Gasteiger partial charge in [0.25, 0.3) is 0 Å². The highest BCUT2D eigenvalue weighted by atomic mass is 32.1. The first-order valence-electron chi connectivity index (χ1n) is 16.9. The van der Waals surface area contributed by atoms with E-state index in [0.717, 1.165) is 0 Å². The zero-order valence-electron chi connectivity index (χ0n) is 25.9. The fourth-order valence-electron chi connectivity index (χ4n) is 9.54. The maximum Gasteiger partial charge on any atom is 0.248 e. The molecule has 0 aliphatic carbocycles. The molecule has 0 spiro atoms. The molecule has 1 aromatic heterocycles. The van der Waals surface area contributed by atoms with Gasteiger partial charge in [-0.1, -0.05) is 150 Å². The molecule has 12 rings (SSSR count). The van der Waals surface area contributed by atoms with E-state index in [-0.39, 0.29) is 13.4 Å². The van der Waals surface area contributed by atoms with E-state index < -0.39 is 0 Å². The number of thiophene rings is 1. The fraction of sp³-hybridized carbons (Fsp3) is 0. The largest absolute Gasteiger partial charge is 0.303 e. The van der Waals surface area contributed by atoms with E-state index in [2.05, 4.69) is 157 Å². The monoisotopic (exact) mass is 621 g/mol. The van der Waals surface area contributed by atoms with Crippen LogP contribution in [0.4, 0.5) is 16.4 Å². The molecule has 3 aliphatic heterocycles. The number of benzene rings is 8. The third kappa shape index (κ3) is 3.01. The van der Waals surface area contributed by atoms with Crippen molar-refractivity contribution >= 4 is 116 Å². The Labute approximate surface area is 282 Å². The molecule has 4 heteroatoms. The molecular formula is C44H25B2NS. The van der Waals surface area contributed by atoms with Crippen LogP contribution in [0, 0.1) is 0 Å². The van der Waals surface area contributed by atoms with Crippen molar-refractivity contribution in [1.82, 2.24) is 0 Å². The summed E-state index contributed by atoms with van der Waals surface area (Å²) in [7, 11) is 0. The highest BCUT2D eigenvalue weighted by Crippen LogP contribution is 2.51. The van der Waals surface area contributed by atoms with Crippen LogP contribution >= 0.6 is 11.3 Å². The maximum atomic E-state index is 2.72. The van der Waals surface area contributed by atoms with E-state index in [1.807, 2.05) is 11.3 Å². The molecule has 0 unspecified atom stereocenters. The molecule has 48 heavy (non-hydrogen) atoms. The van der Waals surface area contributed by atoms with Gasteiger partial charge in [-0.25, -0.2) is 0 Å². The summed E-state index contributed by atoms with van der Waals surface area (Å²) >= 11 is 1.96. The third-order valence-electron chi connectivity index (χ3n) is 11.3. The summed E-state index contributed by atoms with van der Waals surface area (Å²) in [6, 6.07) is 57.2. The van der Waals surface area contributed by atoms with Crippen LogP contribution in [0.25, 0.3) is 53.5 Å². The zero-order chi connectivity index (χ0) is 31.1. The summed E-state index contributed by atoms with van der Waals surface area (Å²) in [4.78, 5) is 2.72. The van der Waals surface area contributed by atoms with Crippen molar-refractivity contribution in [2.75, 3.05) is 4.90 Å². The Bertz CT molecular complexity index is 2870. The summed E-state index contributed by atoms with van der Waals surface area (Å²) in [6.45, 7) is 0.327. The number of rotatable bonds is 1. The molecule has 1 nitrogen and oxygen atoms in total. The zero-order valence-corrected chi connectivity index (χ0v) is 26.8. The third-order valence-corrected chi connectivity index (χ3v) is 12.5. The van der Waals surface area contributed by atoms with Gasteiger partial charge in [-0.15, -0.1) is 11.3 Å². The lowest BCUT2D eigenvalue weighted by molar-refractivity contribution is 1.36. The average molecular weight is 621 g/mol. The van der Waals surface area contributed by atoms with Crippen LogP contribution in [0.5, 0.6) is 0 Å². The molecule has 0 saturated heterocycles. The second kappa shape index (κ2) is 9.07. The first-order chi connectivity index (χ1) is 23.9. The molecule has 218 valence electrons. The smallest absolute Gasteiger partial charge is 0.248 e. The minimum absolute atomic E-state index is 0.147. The van der Waals surface area contributed by atoms with Crippen molar-refractivity contribution in [3.05, 3.63) is 152 Å². The van der Waals surface area contributed by atoms with Crippen LogP contribution in [-0.4, -0.2) is 13.4 Å². The van der Waals surface area contributed by atoms with E-state index in [1.54, 1.807) is 0 Å². The predicted octanol–water partition coefficient (Wildman–Crippen LogP) is 7.47. The summed E-state index contributed by atoms with van der Waals surface area (Å²) < 4.78 is 1.34. The predicted molar refractivity (Wildman–Crippen MR) is 210 cm³/mol. The van der Waals surface area contributed by atoms with E-state index in [0.29, 0.717) is 0 Å². The Hall–Kier alpha value is -5.57. The Morgan fingerprint density at radius 1 is 0.417 bits per heavy atom. The normalized spacial score (nSPS) is 13.7. The first-order valence-corrected chi connectivity index (χ1v) is 17.7. The van der Waals surface area contributed by atoms with Crippen LogP contribution in [-0.2, 0) is 0 Å². The fourth-order valence-corrected chi connectivity index (χ4v) is 10.8. The van der Waals surface area contributed by atoms with Gasteiger partial charge in [-0.3, -0.25) is 0 Å². The first kappa shape index (κ1) is 25.5. The highest BCUT2D eigenvalue weighted by molar-refractivity contribution is 7.26. The van der Waals surface area contributed by atoms with Crippen LogP contribution in [0.15, 0.2) is 152 Å². The van der Waals surface area contributed by atoms with Gasteiger partial charge in [0.1, 0.15) is 0 Å². The molecule has 0 amide bonds. The van der Waals surface area contributed by atoms with Crippen molar-refractivity contribution in [3.63, 3.8) is 0 Å². The number of nitrogens with zero attached hydrogens (tertiary/aromatic N) is 1. The van der Waals surface area contributed by atoms with Gasteiger partial charge in [0.05, 0.1) is 10.7 Å². The number of hydrogen-bond donors (Lipinski definition) is 0. The van der Waals surface area contributed by atoms with Crippen LogP contribution in [0.1, 0.15) is 0 Å². The van der Waals surface area contributed by atoms with Crippen molar-refractivity contribution in [3.8, 4) is 11.1 Å². The quantitative estimate of drug-likeness (QED) is 0.136. The topological polar surface area (TPSA) is 3.24 Å². The lowest BCUT2D eigenvalue weighted by Gasteiger charge is -2.42. The van der Waals surface area contributed by atoms with Gasteiger partial charge in [0, 0.05) is 15.8 Å². The van der Waals surface area contributed by atoms with E-state index >= 15 is 0 Å². The summed E-state index contributed by atoms with van der Waals surface area (Å²) in [5.41, 5.74) is 13.9. The number of para-hydroxylation sites is 1. The Morgan fingerprint density at radius 2 is 1.02 bits per heavy atom. The van der Waals surface area contributed by atoms with E-state index in [9.17, 15) is 0 Å². The SMILES string of the molecule is c1ccc(B2c3cccc4c3N(c3sc5ccccc5c32)c2c3c(cc5c6ccccc6c6ccccc6c25)-c2ccccc2B43)cc1. The van der Waals surface area contributed by atoms with Gasteiger partial charge >= 0.3 is 0 Å². The maximum absolute atomic E-state index is 2.72. The van der Waals surface area contributed by atoms with Crippen molar-refractivity contribution in [1.29, 1.82) is 0 Å². The molecule has 0 fully saturated rings. The van der Waals surface area contributed by atoms with Crippen LogP contribution in [0.2, 0.25) is 0 Å². The number of fused-ring (bicyclic) bond motifs is 16. The lowest BCUT2D eigenvalue weighted by atomic mass is 9.31. The van der Waals surface area contributed by atoms with E-state index in [1.165, 1.54) is 103 Å². The number of hydrogen-bond acceptors (Lipinski definition) is 2. The Kier molecular flexibility index (Phi) is 4.82. The van der Waals surface area contributed by atoms with E-state index in [4.69, 9.17) is 0 Å². The summed E-state index contributed by atoms with van der Waals surface area (Å²) in [5.74, 6) is 0. The van der Waals surface area contributed by atoms with Gasteiger partial charge < -0.3 is 4.90 Å². The van der Waals surface area contributed by atoms with Gasteiger partial charge in [0.2, 0.25) is 13.4 Å². The molecule has 0 radical (unpaired) electrons. The van der Waals surface area contributed by atoms with Crippen LogP contribution in [0.3, 0.4) is 0 Å². The highest BCUT2D eigenvalue weighted by Gasteiger charge is 2.49. The lowest BCUT2D eigenvalue weighted by Crippen LogP contribution is -2.63.